The minimum absolute atomic E-state index is 0.230. The Labute approximate surface area is 119 Å². The van der Waals surface area contributed by atoms with Crippen LogP contribution >= 0.6 is 15.9 Å². The highest BCUT2D eigenvalue weighted by Gasteiger charge is 2.10. The molecule has 0 radical (unpaired) electrons. The maximum Gasteiger partial charge on any atom is 0.175 e. The molecule has 7 heteroatoms. The zero-order chi connectivity index (χ0) is 13.7. The van der Waals surface area contributed by atoms with E-state index in [1.54, 1.807) is 6.07 Å². The first-order chi connectivity index (χ1) is 9.20. The number of nitrogens with one attached hydrogen (secondary N) is 1. The lowest BCUT2D eigenvalue weighted by Crippen LogP contribution is -2.26. The first kappa shape index (κ1) is 14.1. The van der Waals surface area contributed by atoms with Gasteiger partial charge in [-0.25, -0.2) is 4.39 Å². The van der Waals surface area contributed by atoms with E-state index in [1.165, 1.54) is 6.07 Å². The van der Waals surface area contributed by atoms with E-state index in [2.05, 4.69) is 48.4 Å². The van der Waals surface area contributed by atoms with Crippen LogP contribution in [0.5, 0.6) is 0 Å². The van der Waals surface area contributed by atoms with Gasteiger partial charge in [-0.15, -0.1) is 10.2 Å². The van der Waals surface area contributed by atoms with Crippen molar-refractivity contribution >= 4 is 15.9 Å². The Morgan fingerprint density at radius 3 is 2.95 bits per heavy atom. The number of hydrogen-bond acceptors (Lipinski definition) is 4. The largest absolute Gasteiger partial charge is 0.299 e. The third-order valence-corrected chi connectivity index (χ3v) is 3.80. The van der Waals surface area contributed by atoms with E-state index in [9.17, 15) is 4.39 Å². The molecule has 0 atom stereocenters. The van der Waals surface area contributed by atoms with Gasteiger partial charge in [0.2, 0.25) is 0 Å². The molecule has 5 nitrogen and oxygen atoms in total. The van der Waals surface area contributed by atoms with Crippen LogP contribution in [0.25, 0.3) is 0 Å². The molecule has 0 saturated heterocycles. The van der Waals surface area contributed by atoms with Gasteiger partial charge in [-0.1, -0.05) is 24.3 Å². The molecular formula is C12H15BrFN5. The standard InChI is InChI=1S/C12H15BrFN5/c1-2-19(7-6-11-15-17-18-16-11)8-9-4-3-5-10(14)12(9)13/h3-5H,2,6-8H2,1H3,(H,15,16,17,18). The van der Waals surface area contributed by atoms with Crippen molar-refractivity contribution < 1.29 is 4.39 Å². The van der Waals surface area contributed by atoms with Crippen LogP contribution in [-0.2, 0) is 13.0 Å². The van der Waals surface area contributed by atoms with Crippen molar-refractivity contribution in [2.75, 3.05) is 13.1 Å². The van der Waals surface area contributed by atoms with Gasteiger partial charge >= 0.3 is 0 Å². The van der Waals surface area contributed by atoms with Gasteiger partial charge in [0.15, 0.2) is 5.82 Å². The predicted octanol–water partition coefficient (Wildman–Crippen LogP) is 2.17. The van der Waals surface area contributed by atoms with Gasteiger partial charge in [-0.05, 0) is 34.1 Å². The molecule has 1 aromatic heterocycles. The number of likely N-dealkylation sites (N-methyl/N-ethyl adjacent to an activating group) is 1. The smallest absolute Gasteiger partial charge is 0.175 e. The Balaban J connectivity index is 1.96. The molecule has 0 saturated carbocycles. The summed E-state index contributed by atoms with van der Waals surface area (Å²) in [4.78, 5) is 2.20. The van der Waals surface area contributed by atoms with Crippen molar-refractivity contribution in [3.8, 4) is 0 Å². The summed E-state index contributed by atoms with van der Waals surface area (Å²) in [6.07, 6.45) is 0.720. The Morgan fingerprint density at radius 2 is 2.26 bits per heavy atom. The molecule has 19 heavy (non-hydrogen) atoms. The Bertz CT molecular complexity index is 517. The number of H-pyrrole nitrogens is 1. The van der Waals surface area contributed by atoms with Gasteiger partial charge in [-0.3, -0.25) is 4.90 Å². The number of tetrazole rings is 1. The lowest BCUT2D eigenvalue weighted by molar-refractivity contribution is 0.280. The summed E-state index contributed by atoms with van der Waals surface area (Å²) in [5, 5.41) is 13.8. The Morgan fingerprint density at radius 1 is 1.42 bits per heavy atom. The third-order valence-electron chi connectivity index (χ3n) is 2.91. The van der Waals surface area contributed by atoms with Crippen LogP contribution in [-0.4, -0.2) is 38.6 Å². The van der Waals surface area contributed by atoms with Crippen molar-refractivity contribution in [1.29, 1.82) is 0 Å². The van der Waals surface area contributed by atoms with E-state index in [1.807, 2.05) is 6.07 Å². The van der Waals surface area contributed by atoms with Crippen LogP contribution in [0.1, 0.15) is 18.3 Å². The van der Waals surface area contributed by atoms with Crippen LogP contribution in [0, 0.1) is 5.82 Å². The van der Waals surface area contributed by atoms with Crippen LogP contribution in [0.15, 0.2) is 22.7 Å². The van der Waals surface area contributed by atoms with Crippen LogP contribution in [0.4, 0.5) is 4.39 Å². The molecule has 102 valence electrons. The summed E-state index contributed by atoms with van der Waals surface area (Å²) in [6.45, 7) is 4.44. The van der Waals surface area contributed by atoms with Crippen LogP contribution in [0.3, 0.4) is 0 Å². The predicted molar refractivity (Wildman–Crippen MR) is 72.9 cm³/mol. The molecular weight excluding hydrogens is 313 g/mol. The summed E-state index contributed by atoms with van der Waals surface area (Å²) < 4.78 is 14.0. The normalized spacial score (nSPS) is 11.2. The molecule has 0 bridgehead atoms. The molecule has 2 aromatic rings. The van der Waals surface area contributed by atoms with E-state index in [0.717, 1.165) is 25.1 Å². The topological polar surface area (TPSA) is 57.7 Å². The average molecular weight is 328 g/mol. The van der Waals surface area contributed by atoms with Crippen molar-refractivity contribution in [2.24, 2.45) is 0 Å². The SMILES string of the molecule is CCN(CCc1nn[nH]n1)Cc1cccc(F)c1Br. The van der Waals surface area contributed by atoms with E-state index in [-0.39, 0.29) is 5.82 Å². The fourth-order valence-corrected chi connectivity index (χ4v) is 2.20. The summed E-state index contributed by atoms with van der Waals surface area (Å²) >= 11 is 3.29. The molecule has 0 aliphatic heterocycles. The molecule has 0 spiro atoms. The maximum absolute atomic E-state index is 13.4. The molecule has 2 rings (SSSR count). The number of hydrogen-bond donors (Lipinski definition) is 1. The minimum Gasteiger partial charge on any atom is -0.299 e. The first-order valence-electron chi connectivity index (χ1n) is 6.08. The second-order valence-corrected chi connectivity index (χ2v) is 4.95. The van der Waals surface area contributed by atoms with Crippen molar-refractivity contribution in [1.82, 2.24) is 25.5 Å². The fraction of sp³-hybridized carbons (Fsp3) is 0.417. The lowest BCUT2D eigenvalue weighted by atomic mass is 10.2. The zero-order valence-electron chi connectivity index (χ0n) is 10.6. The van der Waals surface area contributed by atoms with Gasteiger partial charge in [0.05, 0.1) is 4.47 Å². The van der Waals surface area contributed by atoms with Crippen LogP contribution in [0.2, 0.25) is 0 Å². The number of aromatic nitrogens is 4. The molecule has 0 amide bonds. The summed E-state index contributed by atoms with van der Waals surface area (Å²) in [5.74, 6) is 0.462. The highest BCUT2D eigenvalue weighted by Crippen LogP contribution is 2.21. The van der Waals surface area contributed by atoms with Crippen molar-refractivity contribution in [3.05, 3.63) is 39.9 Å². The quantitative estimate of drug-likeness (QED) is 0.883. The van der Waals surface area contributed by atoms with E-state index >= 15 is 0 Å². The lowest BCUT2D eigenvalue weighted by Gasteiger charge is -2.20. The molecule has 0 aliphatic carbocycles. The average Bonchev–Trinajstić information content (AvgIpc) is 2.92. The Kier molecular flexibility index (Phi) is 4.98. The van der Waals surface area contributed by atoms with Crippen molar-refractivity contribution in [3.63, 3.8) is 0 Å². The molecule has 0 fully saturated rings. The summed E-state index contributed by atoms with van der Waals surface area (Å²) in [6, 6.07) is 5.09. The fourth-order valence-electron chi connectivity index (χ4n) is 1.81. The highest BCUT2D eigenvalue weighted by atomic mass is 79.9. The second-order valence-electron chi connectivity index (χ2n) is 4.16. The van der Waals surface area contributed by atoms with E-state index in [0.29, 0.717) is 16.8 Å². The molecule has 0 aliphatic rings. The third kappa shape index (κ3) is 3.81. The number of halogens is 2. The molecule has 1 aromatic carbocycles. The molecule has 1 N–H and O–H groups in total. The van der Waals surface area contributed by atoms with Gasteiger partial charge in [-0.2, -0.15) is 5.21 Å². The van der Waals surface area contributed by atoms with E-state index in [4.69, 9.17) is 0 Å². The monoisotopic (exact) mass is 327 g/mol. The zero-order valence-corrected chi connectivity index (χ0v) is 12.2. The van der Waals surface area contributed by atoms with Gasteiger partial charge in [0, 0.05) is 19.5 Å². The summed E-state index contributed by atoms with van der Waals surface area (Å²) in [5.41, 5.74) is 0.940. The summed E-state index contributed by atoms with van der Waals surface area (Å²) in [7, 11) is 0. The number of aromatic amines is 1. The highest BCUT2D eigenvalue weighted by molar-refractivity contribution is 9.10. The maximum atomic E-state index is 13.4. The minimum atomic E-state index is -0.230. The van der Waals surface area contributed by atoms with Crippen molar-refractivity contribution in [2.45, 2.75) is 19.9 Å². The van der Waals surface area contributed by atoms with E-state index < -0.39 is 0 Å². The van der Waals surface area contributed by atoms with Gasteiger partial charge in [0.25, 0.3) is 0 Å². The molecule has 1 heterocycles. The van der Waals surface area contributed by atoms with Gasteiger partial charge in [0.1, 0.15) is 5.82 Å². The number of benzene rings is 1. The van der Waals surface area contributed by atoms with Gasteiger partial charge < -0.3 is 0 Å². The first-order valence-corrected chi connectivity index (χ1v) is 6.87. The van der Waals surface area contributed by atoms with Crippen LogP contribution < -0.4 is 0 Å². The Hall–Kier alpha value is -1.34. The second kappa shape index (κ2) is 6.72. The number of nitrogens with zero attached hydrogens (tertiary/aromatic N) is 4. The molecule has 0 unspecified atom stereocenters. The number of rotatable bonds is 6.